The van der Waals surface area contributed by atoms with E-state index in [0.29, 0.717) is 16.3 Å². The van der Waals surface area contributed by atoms with Crippen LogP contribution >= 0.6 is 11.6 Å². The van der Waals surface area contributed by atoms with Gasteiger partial charge in [-0.05, 0) is 18.2 Å². The van der Waals surface area contributed by atoms with E-state index in [1.54, 1.807) is 12.1 Å². The van der Waals surface area contributed by atoms with Crippen molar-refractivity contribution in [1.29, 1.82) is 0 Å². The molecule has 2 rings (SSSR count). The lowest BCUT2D eigenvalue weighted by Crippen LogP contribution is -2.17. The maximum absolute atomic E-state index is 12.0. The molecular formula is C13H12ClN5O5. The van der Waals surface area contributed by atoms with Gasteiger partial charge in [0.2, 0.25) is 5.69 Å². The van der Waals surface area contributed by atoms with E-state index in [0.717, 1.165) is 10.9 Å². The van der Waals surface area contributed by atoms with Gasteiger partial charge in [0, 0.05) is 12.1 Å². The number of nitrogens with two attached hydrogens (primary N) is 1. The van der Waals surface area contributed by atoms with Crippen LogP contribution in [0.25, 0.3) is 0 Å². The normalized spacial score (nSPS) is 11.2. The monoisotopic (exact) mass is 353 g/mol. The molecule has 0 unspecified atom stereocenters. The number of carbonyl (C=O) groups excluding carboxylic acids is 1. The highest BCUT2D eigenvalue weighted by Crippen LogP contribution is 2.23. The van der Waals surface area contributed by atoms with Crippen LogP contribution < -0.4 is 10.5 Å². The summed E-state index contributed by atoms with van der Waals surface area (Å²) in [5.41, 5.74) is 5.19. The first-order valence-corrected chi connectivity index (χ1v) is 6.78. The number of halogens is 1. The number of rotatable bonds is 5. The highest BCUT2D eigenvalue weighted by molar-refractivity contribution is 6.31. The van der Waals surface area contributed by atoms with Crippen LogP contribution in [0, 0.1) is 10.1 Å². The minimum Gasteiger partial charge on any atom is -0.496 e. The maximum atomic E-state index is 12.0. The summed E-state index contributed by atoms with van der Waals surface area (Å²) in [7, 11) is 2.78. The predicted octanol–water partition coefficient (Wildman–Crippen LogP) is 1.47. The van der Waals surface area contributed by atoms with E-state index < -0.39 is 16.6 Å². The second-order valence-corrected chi connectivity index (χ2v) is 4.90. The molecule has 2 N–H and O–H groups in total. The van der Waals surface area contributed by atoms with Gasteiger partial charge < -0.3 is 15.3 Å². The van der Waals surface area contributed by atoms with Crippen LogP contribution in [0.2, 0.25) is 5.02 Å². The Labute approximate surface area is 140 Å². The molecule has 0 aliphatic carbocycles. The number of aryl methyl sites for hydroxylation is 1. The van der Waals surface area contributed by atoms with Gasteiger partial charge in [-0.3, -0.25) is 14.8 Å². The summed E-state index contributed by atoms with van der Waals surface area (Å²) in [6.07, 6.45) is 0.934. The zero-order chi connectivity index (χ0) is 17.9. The molecule has 1 heterocycles. The highest BCUT2D eigenvalue weighted by atomic mass is 35.5. The third-order valence-corrected chi connectivity index (χ3v) is 3.21. The van der Waals surface area contributed by atoms with Crippen molar-refractivity contribution in [1.82, 2.24) is 9.78 Å². The molecule has 0 fully saturated rings. The Kier molecular flexibility index (Phi) is 4.99. The Bertz CT molecular complexity index is 832. The largest absolute Gasteiger partial charge is 0.496 e. The molecule has 11 heteroatoms. The van der Waals surface area contributed by atoms with Gasteiger partial charge in [-0.2, -0.15) is 5.10 Å². The first kappa shape index (κ1) is 17.2. The van der Waals surface area contributed by atoms with Crippen LogP contribution in [0.4, 0.5) is 5.69 Å². The average Bonchev–Trinajstić information content (AvgIpc) is 2.94. The topological polar surface area (TPSA) is 135 Å². The van der Waals surface area contributed by atoms with E-state index in [4.69, 9.17) is 22.1 Å². The van der Waals surface area contributed by atoms with Crippen LogP contribution in [0.5, 0.6) is 5.75 Å². The van der Waals surface area contributed by atoms with E-state index in [2.05, 4.69) is 15.1 Å². The minimum absolute atomic E-state index is 0.187. The molecule has 0 saturated heterocycles. The Morgan fingerprint density at radius 1 is 1.50 bits per heavy atom. The number of nitrogens with zero attached hydrogens (tertiary/aromatic N) is 4. The number of methoxy groups -OCH3 is 1. The number of ether oxygens (including phenoxy) is 1. The summed E-state index contributed by atoms with van der Waals surface area (Å²) in [6, 6.07) is 4.62. The lowest BCUT2D eigenvalue weighted by atomic mass is 10.2. The molecule has 0 radical (unpaired) electrons. The minimum atomic E-state index is -1.08. The summed E-state index contributed by atoms with van der Waals surface area (Å²) >= 11 is 5.88. The Balaban J connectivity index is 2.28. The van der Waals surface area contributed by atoms with Crippen LogP contribution in [-0.4, -0.2) is 33.6 Å². The van der Waals surface area contributed by atoms with Crippen molar-refractivity contribution in [2.24, 2.45) is 17.9 Å². The van der Waals surface area contributed by atoms with Gasteiger partial charge in [0.15, 0.2) is 5.84 Å². The quantitative estimate of drug-likeness (QED) is 0.282. The summed E-state index contributed by atoms with van der Waals surface area (Å²) in [5, 5.41) is 18.4. The van der Waals surface area contributed by atoms with Gasteiger partial charge >= 0.3 is 11.7 Å². The Hall–Kier alpha value is -3.14. The number of amidine groups is 1. The Morgan fingerprint density at radius 2 is 2.21 bits per heavy atom. The van der Waals surface area contributed by atoms with Gasteiger partial charge in [-0.1, -0.05) is 16.8 Å². The fraction of sp³-hybridized carbons (Fsp3) is 0.154. The van der Waals surface area contributed by atoms with Crippen molar-refractivity contribution < 1.29 is 19.3 Å². The standard InChI is InChI=1S/C13H12ClN5O5/c1-18-11(9(6-16-18)19(21)22)13(20)24-17-12(15)8-5-7(14)3-4-10(8)23-2/h3-6H,1-2H3,(H2,15,17). The van der Waals surface area contributed by atoms with Gasteiger partial charge in [-0.25, -0.2) is 4.79 Å². The fourth-order valence-electron chi connectivity index (χ4n) is 1.86. The lowest BCUT2D eigenvalue weighted by molar-refractivity contribution is -0.385. The molecule has 1 aromatic heterocycles. The lowest BCUT2D eigenvalue weighted by Gasteiger charge is -2.07. The summed E-state index contributed by atoms with van der Waals surface area (Å²) in [6.45, 7) is 0. The number of carbonyl (C=O) groups is 1. The van der Waals surface area contributed by atoms with Crippen molar-refractivity contribution in [3.8, 4) is 5.75 Å². The van der Waals surface area contributed by atoms with Crippen LogP contribution in [0.3, 0.4) is 0 Å². The molecule has 0 aliphatic rings. The Morgan fingerprint density at radius 3 is 2.83 bits per heavy atom. The van der Waals surface area contributed by atoms with Crippen LogP contribution in [0.1, 0.15) is 16.1 Å². The molecule has 0 atom stereocenters. The van der Waals surface area contributed by atoms with Crippen molar-refractivity contribution in [3.63, 3.8) is 0 Å². The molecule has 0 spiro atoms. The highest BCUT2D eigenvalue weighted by Gasteiger charge is 2.27. The SMILES string of the molecule is COc1ccc(Cl)cc1/C(N)=N/OC(=O)c1c([N+](=O)[O-])cnn1C. The molecule has 0 saturated carbocycles. The first-order valence-electron chi connectivity index (χ1n) is 6.40. The zero-order valence-corrected chi connectivity index (χ0v) is 13.4. The van der Waals surface area contributed by atoms with Gasteiger partial charge in [-0.15, -0.1) is 0 Å². The van der Waals surface area contributed by atoms with E-state index >= 15 is 0 Å². The third kappa shape index (κ3) is 3.43. The van der Waals surface area contributed by atoms with E-state index in [1.807, 2.05) is 0 Å². The molecule has 10 nitrogen and oxygen atoms in total. The average molecular weight is 354 g/mol. The molecule has 0 bridgehead atoms. The number of oxime groups is 1. The number of aromatic nitrogens is 2. The smallest absolute Gasteiger partial charge is 0.390 e. The third-order valence-electron chi connectivity index (χ3n) is 2.97. The van der Waals surface area contributed by atoms with Gasteiger partial charge in [0.25, 0.3) is 0 Å². The maximum Gasteiger partial charge on any atom is 0.390 e. The predicted molar refractivity (Wildman–Crippen MR) is 84.0 cm³/mol. The molecule has 1 aromatic carbocycles. The van der Waals surface area contributed by atoms with E-state index in [9.17, 15) is 14.9 Å². The fourth-order valence-corrected chi connectivity index (χ4v) is 2.03. The van der Waals surface area contributed by atoms with Gasteiger partial charge in [0.1, 0.15) is 11.9 Å². The molecular weight excluding hydrogens is 342 g/mol. The van der Waals surface area contributed by atoms with Crippen molar-refractivity contribution >= 4 is 29.1 Å². The van der Waals surface area contributed by atoms with Crippen molar-refractivity contribution in [2.75, 3.05) is 7.11 Å². The number of nitro groups is 1. The van der Waals surface area contributed by atoms with E-state index in [-0.39, 0.29) is 11.5 Å². The van der Waals surface area contributed by atoms with Crippen molar-refractivity contribution in [2.45, 2.75) is 0 Å². The molecule has 24 heavy (non-hydrogen) atoms. The zero-order valence-electron chi connectivity index (χ0n) is 12.6. The van der Waals surface area contributed by atoms with Crippen LogP contribution in [0.15, 0.2) is 29.6 Å². The summed E-state index contributed by atoms with van der Waals surface area (Å²) in [5.74, 6) is -0.902. The number of hydrogen-bond acceptors (Lipinski definition) is 7. The second kappa shape index (κ2) is 6.96. The summed E-state index contributed by atoms with van der Waals surface area (Å²) in [4.78, 5) is 26.8. The summed E-state index contributed by atoms with van der Waals surface area (Å²) < 4.78 is 6.11. The molecule has 2 aromatic rings. The molecule has 126 valence electrons. The molecule has 0 amide bonds. The molecule has 0 aliphatic heterocycles. The number of benzene rings is 1. The van der Waals surface area contributed by atoms with Crippen LogP contribution in [-0.2, 0) is 11.9 Å². The first-order chi connectivity index (χ1) is 11.3. The second-order valence-electron chi connectivity index (χ2n) is 4.46. The number of hydrogen-bond donors (Lipinski definition) is 1. The van der Waals surface area contributed by atoms with Gasteiger partial charge in [0.05, 0.1) is 17.6 Å². The van der Waals surface area contributed by atoms with Crippen molar-refractivity contribution in [3.05, 3.63) is 50.8 Å². The van der Waals surface area contributed by atoms with E-state index in [1.165, 1.54) is 20.2 Å².